The second kappa shape index (κ2) is 7.09. The van der Waals surface area contributed by atoms with Crippen molar-refractivity contribution in [3.8, 4) is 0 Å². The highest BCUT2D eigenvalue weighted by Gasteiger charge is 2.13. The summed E-state index contributed by atoms with van der Waals surface area (Å²) in [6.07, 6.45) is 1.86. The van der Waals surface area contributed by atoms with Crippen LogP contribution in [0, 0.1) is 32.5 Å². The van der Waals surface area contributed by atoms with Crippen molar-refractivity contribution < 1.29 is 4.39 Å². The molecule has 2 aromatic carbocycles. The van der Waals surface area contributed by atoms with E-state index in [0.717, 1.165) is 18.4 Å². The summed E-state index contributed by atoms with van der Waals surface area (Å²) < 4.78 is 13.0. The molecule has 0 amide bonds. The Labute approximate surface area is 132 Å². The zero-order valence-corrected chi connectivity index (χ0v) is 13.7. The highest BCUT2D eigenvalue weighted by molar-refractivity contribution is 6.18. The maximum atomic E-state index is 13.0. The maximum absolute atomic E-state index is 13.0. The highest BCUT2D eigenvalue weighted by atomic mass is 35.5. The Hall–Kier alpha value is -1.34. The molecule has 2 rings (SSSR count). The lowest BCUT2D eigenvalue weighted by Crippen LogP contribution is -2.12. The molecule has 0 nitrogen and oxygen atoms in total. The van der Waals surface area contributed by atoms with Crippen molar-refractivity contribution in [2.75, 3.05) is 5.88 Å². The lowest BCUT2D eigenvalue weighted by atomic mass is 9.89. The van der Waals surface area contributed by atoms with Gasteiger partial charge in [0.25, 0.3) is 0 Å². The molecule has 0 saturated carbocycles. The standard InChI is InChI=1S/C19H22ClF/c1-13-8-14(2)19(15(3)9-13)11-17(12-20)10-16-4-6-18(21)7-5-16/h4-9,17H,10-12H2,1-3H3. The zero-order chi connectivity index (χ0) is 15.4. The lowest BCUT2D eigenvalue weighted by Gasteiger charge is -2.18. The van der Waals surface area contributed by atoms with E-state index < -0.39 is 0 Å². The predicted octanol–water partition coefficient (Wildman–Crippen LogP) is 5.39. The molecule has 0 aromatic heterocycles. The van der Waals surface area contributed by atoms with E-state index in [-0.39, 0.29) is 5.82 Å². The van der Waals surface area contributed by atoms with Crippen LogP contribution in [0.4, 0.5) is 4.39 Å². The minimum absolute atomic E-state index is 0.189. The summed E-state index contributed by atoms with van der Waals surface area (Å²) >= 11 is 6.16. The van der Waals surface area contributed by atoms with Gasteiger partial charge in [-0.3, -0.25) is 0 Å². The van der Waals surface area contributed by atoms with E-state index in [4.69, 9.17) is 11.6 Å². The van der Waals surface area contributed by atoms with Crippen molar-refractivity contribution in [3.63, 3.8) is 0 Å². The predicted molar refractivity (Wildman–Crippen MR) is 88.7 cm³/mol. The number of rotatable bonds is 5. The molecule has 0 aliphatic rings. The monoisotopic (exact) mass is 304 g/mol. The van der Waals surface area contributed by atoms with Crippen molar-refractivity contribution >= 4 is 11.6 Å². The third-order valence-electron chi connectivity index (χ3n) is 3.99. The molecule has 0 heterocycles. The first-order valence-corrected chi connectivity index (χ1v) is 7.90. The molecule has 112 valence electrons. The van der Waals surface area contributed by atoms with Crippen molar-refractivity contribution in [3.05, 3.63) is 70.0 Å². The number of hydrogen-bond donors (Lipinski definition) is 0. The van der Waals surface area contributed by atoms with Gasteiger partial charge in [0.15, 0.2) is 0 Å². The summed E-state index contributed by atoms with van der Waals surface area (Å²) in [7, 11) is 0. The molecular formula is C19H22ClF. The number of alkyl halides is 1. The summed E-state index contributed by atoms with van der Waals surface area (Å²) in [5.41, 5.74) is 6.51. The lowest BCUT2D eigenvalue weighted by molar-refractivity contribution is 0.578. The van der Waals surface area contributed by atoms with E-state index in [0.29, 0.717) is 11.8 Å². The number of aryl methyl sites for hydroxylation is 3. The molecule has 0 radical (unpaired) electrons. The van der Waals surface area contributed by atoms with E-state index >= 15 is 0 Å². The van der Waals surface area contributed by atoms with Gasteiger partial charge in [0.2, 0.25) is 0 Å². The Bertz CT molecular complexity index is 578. The minimum atomic E-state index is -0.189. The molecule has 0 fully saturated rings. The molecule has 2 heteroatoms. The first-order chi connectivity index (χ1) is 9.99. The molecule has 0 aliphatic heterocycles. The van der Waals surface area contributed by atoms with Gasteiger partial charge in [-0.1, -0.05) is 29.8 Å². The normalized spacial score (nSPS) is 12.4. The van der Waals surface area contributed by atoms with Crippen LogP contribution in [-0.2, 0) is 12.8 Å². The molecule has 0 spiro atoms. The number of hydrogen-bond acceptors (Lipinski definition) is 0. The molecule has 0 bridgehead atoms. The topological polar surface area (TPSA) is 0 Å². The fourth-order valence-electron chi connectivity index (χ4n) is 2.96. The molecular weight excluding hydrogens is 283 g/mol. The SMILES string of the molecule is Cc1cc(C)c(CC(CCl)Cc2ccc(F)cc2)c(C)c1. The Balaban J connectivity index is 2.14. The Morgan fingerprint density at radius 3 is 2.05 bits per heavy atom. The molecule has 0 N–H and O–H groups in total. The quantitative estimate of drug-likeness (QED) is 0.650. The largest absolute Gasteiger partial charge is 0.207 e. The molecule has 1 atom stereocenters. The molecule has 1 unspecified atom stereocenters. The molecule has 0 saturated heterocycles. The average molecular weight is 305 g/mol. The van der Waals surface area contributed by atoms with Crippen LogP contribution in [0.1, 0.15) is 27.8 Å². The van der Waals surface area contributed by atoms with E-state index in [9.17, 15) is 4.39 Å². The first-order valence-electron chi connectivity index (χ1n) is 7.36. The number of halogens is 2. The fraction of sp³-hybridized carbons (Fsp3) is 0.368. The van der Waals surface area contributed by atoms with Gasteiger partial charge in [-0.25, -0.2) is 4.39 Å². The second-order valence-corrected chi connectivity index (χ2v) is 6.24. The smallest absolute Gasteiger partial charge is 0.123 e. The summed E-state index contributed by atoms with van der Waals surface area (Å²) in [5, 5.41) is 0. The Kier molecular flexibility index (Phi) is 5.41. The van der Waals surface area contributed by atoms with Gasteiger partial charge in [0.1, 0.15) is 5.82 Å². The van der Waals surface area contributed by atoms with Crippen LogP contribution in [0.15, 0.2) is 36.4 Å². The molecule has 21 heavy (non-hydrogen) atoms. The summed E-state index contributed by atoms with van der Waals surface area (Å²) in [6, 6.07) is 11.2. The highest BCUT2D eigenvalue weighted by Crippen LogP contribution is 2.23. The summed E-state index contributed by atoms with van der Waals surface area (Å²) in [5.74, 6) is 0.799. The van der Waals surface area contributed by atoms with Crippen LogP contribution in [-0.4, -0.2) is 5.88 Å². The van der Waals surface area contributed by atoms with Crippen molar-refractivity contribution in [2.24, 2.45) is 5.92 Å². The van der Waals surface area contributed by atoms with Gasteiger partial charge in [-0.2, -0.15) is 0 Å². The van der Waals surface area contributed by atoms with E-state index in [1.54, 1.807) is 0 Å². The van der Waals surface area contributed by atoms with Gasteiger partial charge in [0, 0.05) is 5.88 Å². The Morgan fingerprint density at radius 2 is 1.52 bits per heavy atom. The average Bonchev–Trinajstić information content (AvgIpc) is 2.43. The molecule has 2 aromatic rings. The zero-order valence-electron chi connectivity index (χ0n) is 12.9. The van der Waals surface area contributed by atoms with Crippen molar-refractivity contribution in [1.82, 2.24) is 0 Å². The van der Waals surface area contributed by atoms with Crippen LogP contribution in [0.3, 0.4) is 0 Å². The van der Waals surface area contributed by atoms with Crippen LogP contribution in [0.25, 0.3) is 0 Å². The van der Waals surface area contributed by atoms with Gasteiger partial charge < -0.3 is 0 Å². The summed E-state index contributed by atoms with van der Waals surface area (Å²) in [6.45, 7) is 6.46. The maximum Gasteiger partial charge on any atom is 0.123 e. The fourth-order valence-corrected chi connectivity index (χ4v) is 3.17. The van der Waals surface area contributed by atoms with Crippen LogP contribution >= 0.6 is 11.6 Å². The number of benzene rings is 2. The third-order valence-corrected chi connectivity index (χ3v) is 4.43. The molecule has 0 aliphatic carbocycles. The summed E-state index contributed by atoms with van der Waals surface area (Å²) in [4.78, 5) is 0. The van der Waals surface area contributed by atoms with Gasteiger partial charge >= 0.3 is 0 Å². The van der Waals surface area contributed by atoms with E-state index in [2.05, 4.69) is 32.9 Å². The first kappa shape index (κ1) is 16.0. The van der Waals surface area contributed by atoms with Crippen molar-refractivity contribution in [2.45, 2.75) is 33.6 Å². The van der Waals surface area contributed by atoms with Gasteiger partial charge in [-0.05, 0) is 73.9 Å². The van der Waals surface area contributed by atoms with Crippen LogP contribution < -0.4 is 0 Å². The van der Waals surface area contributed by atoms with Crippen LogP contribution in [0.2, 0.25) is 0 Å². The minimum Gasteiger partial charge on any atom is -0.207 e. The van der Waals surface area contributed by atoms with Crippen molar-refractivity contribution in [1.29, 1.82) is 0 Å². The van der Waals surface area contributed by atoms with E-state index in [1.807, 2.05) is 12.1 Å². The third kappa shape index (κ3) is 4.31. The Morgan fingerprint density at radius 1 is 0.952 bits per heavy atom. The van der Waals surface area contributed by atoms with E-state index in [1.165, 1.54) is 34.4 Å². The van der Waals surface area contributed by atoms with Crippen LogP contribution in [0.5, 0.6) is 0 Å². The van der Waals surface area contributed by atoms with Gasteiger partial charge in [0.05, 0.1) is 0 Å². The van der Waals surface area contributed by atoms with Gasteiger partial charge in [-0.15, -0.1) is 11.6 Å². The second-order valence-electron chi connectivity index (χ2n) is 5.93.